The van der Waals surface area contributed by atoms with E-state index < -0.39 is 11.9 Å². The first-order valence-corrected chi connectivity index (χ1v) is 30.2. The number of esters is 5. The van der Waals surface area contributed by atoms with Crippen LogP contribution in [0, 0.1) is 0 Å². The highest BCUT2D eigenvalue weighted by Gasteiger charge is 2.21. The van der Waals surface area contributed by atoms with Crippen molar-refractivity contribution in [3.8, 4) is 23.0 Å². The van der Waals surface area contributed by atoms with Crippen LogP contribution in [0.5, 0.6) is 23.0 Å². The Kier molecular flexibility index (Phi) is 41.2. The average molecular weight is 1120 g/mol. The molecule has 0 amide bonds. The number of hydrogen-bond donors (Lipinski definition) is 0. The van der Waals surface area contributed by atoms with Crippen LogP contribution in [0.25, 0.3) is 0 Å². The van der Waals surface area contributed by atoms with E-state index in [1.54, 1.807) is 36.4 Å². The van der Waals surface area contributed by atoms with E-state index in [0.717, 1.165) is 184 Å². The molecule has 0 atom stereocenters. The number of hydrogen-bond acceptors (Lipinski definition) is 14. The van der Waals surface area contributed by atoms with Gasteiger partial charge in [0.05, 0.1) is 85.1 Å². The number of benzene rings is 2. The molecule has 0 aliphatic carbocycles. The highest BCUT2D eigenvalue weighted by atomic mass is 16.6. The van der Waals surface area contributed by atoms with Gasteiger partial charge in [-0.15, -0.1) is 0 Å². The summed E-state index contributed by atoms with van der Waals surface area (Å²) in [7, 11) is 6.31. The third-order valence-corrected chi connectivity index (χ3v) is 13.2. The molecule has 0 fully saturated rings. The standard InChI is InChI=1S/C65H102NO14/c1-7-60(67)75-46-33-27-21-15-10-13-19-25-31-44-73-58-53-56(65(71)80-51-38-37-50-79-64(70)55-39-41-57(42-40-55)72-52-43-66(4,5)6)54-59(74-45-32-26-20-14-11-16-22-28-34-47-76-61(68)8-2)63(58)78-49-36-30-24-18-12-17-23-29-35-48-77-62(69)9-3/h7-9,39-42,53-54H,1-3,10-38,43-52H2,4-6H3/q+1. The van der Waals surface area contributed by atoms with Gasteiger partial charge >= 0.3 is 29.8 Å². The molecule has 0 N–H and O–H groups in total. The van der Waals surface area contributed by atoms with Crippen molar-refractivity contribution in [3.63, 3.8) is 0 Å². The summed E-state index contributed by atoms with van der Waals surface area (Å²) < 4.78 is 52.6. The first kappa shape index (κ1) is 70.3. The highest BCUT2D eigenvalue weighted by molar-refractivity contribution is 5.91. The zero-order chi connectivity index (χ0) is 58.2. The lowest BCUT2D eigenvalue weighted by Crippen LogP contribution is -2.38. The third kappa shape index (κ3) is 37.9. The third-order valence-electron chi connectivity index (χ3n) is 13.2. The summed E-state index contributed by atoms with van der Waals surface area (Å²) in [4.78, 5) is 60.2. The second-order valence-electron chi connectivity index (χ2n) is 21.4. The molecule has 0 radical (unpaired) electrons. The van der Waals surface area contributed by atoms with Crippen molar-refractivity contribution < 1.29 is 71.1 Å². The molecular weight excluding hydrogens is 1020 g/mol. The van der Waals surface area contributed by atoms with Gasteiger partial charge in [-0.25, -0.2) is 24.0 Å². The van der Waals surface area contributed by atoms with Crippen LogP contribution in [0.2, 0.25) is 0 Å². The first-order chi connectivity index (χ1) is 38.9. The number of likely N-dealkylation sites (N-methyl/N-ethyl adjacent to an activating group) is 1. The topological polar surface area (TPSA) is 168 Å². The maximum Gasteiger partial charge on any atom is 0.338 e. The fraction of sp³-hybridized carbons (Fsp3) is 0.646. The summed E-state index contributed by atoms with van der Waals surface area (Å²) >= 11 is 0. The number of carbonyl (C=O) groups is 5. The minimum Gasteiger partial charge on any atom is -0.490 e. The molecule has 0 aliphatic heterocycles. The number of nitrogens with zero attached hydrogens (tertiary/aromatic N) is 1. The minimum absolute atomic E-state index is 0.143. The summed E-state index contributed by atoms with van der Waals surface area (Å²) in [5.41, 5.74) is 0.755. The van der Waals surface area contributed by atoms with Gasteiger partial charge in [0.1, 0.15) is 18.9 Å². The van der Waals surface area contributed by atoms with E-state index in [4.69, 9.17) is 42.6 Å². The van der Waals surface area contributed by atoms with Gasteiger partial charge in [-0.1, -0.05) is 155 Å². The predicted molar refractivity (Wildman–Crippen MR) is 316 cm³/mol. The number of quaternary nitrogens is 1. The van der Waals surface area contributed by atoms with Crippen molar-refractivity contribution >= 4 is 29.8 Å². The molecule has 0 heterocycles. The Labute approximate surface area is 481 Å². The van der Waals surface area contributed by atoms with Crippen LogP contribution >= 0.6 is 0 Å². The summed E-state index contributed by atoms with van der Waals surface area (Å²) in [5.74, 6) is 0.0860. The predicted octanol–water partition coefficient (Wildman–Crippen LogP) is 14.4. The first-order valence-electron chi connectivity index (χ1n) is 30.2. The fourth-order valence-corrected chi connectivity index (χ4v) is 8.43. The molecule has 0 aromatic heterocycles. The SMILES string of the molecule is C=CC(=O)OCCCCCCCCCCCOc1cc(C(=O)OCCCCOC(=O)c2ccc(OCC[N+](C)(C)C)cc2)cc(OCCCCCCCCCCCOC(=O)C=C)c1OCCCCCCCCCCCOC(=O)C=C. The largest absolute Gasteiger partial charge is 0.490 e. The Morgan fingerprint density at radius 2 is 0.637 bits per heavy atom. The Hall–Kier alpha value is -5.83. The second kappa shape index (κ2) is 46.9. The molecular formula is C65H102NO14+. The summed E-state index contributed by atoms with van der Waals surface area (Å²) in [6.07, 6.45) is 32.8. The number of rotatable bonds is 53. The molecule has 2 aromatic rings. The molecule has 0 aliphatic rings. The lowest BCUT2D eigenvalue weighted by Gasteiger charge is -2.23. The van der Waals surface area contributed by atoms with E-state index in [9.17, 15) is 24.0 Å². The van der Waals surface area contributed by atoms with Gasteiger partial charge < -0.3 is 47.1 Å². The molecule has 0 saturated heterocycles. The van der Waals surface area contributed by atoms with E-state index in [1.807, 2.05) is 0 Å². The molecule has 0 saturated carbocycles. The van der Waals surface area contributed by atoms with Gasteiger partial charge in [-0.2, -0.15) is 0 Å². The fourth-order valence-electron chi connectivity index (χ4n) is 8.43. The van der Waals surface area contributed by atoms with Gasteiger partial charge in [0.25, 0.3) is 0 Å². The van der Waals surface area contributed by atoms with Gasteiger partial charge in [-0.3, -0.25) is 0 Å². The lowest BCUT2D eigenvalue weighted by atomic mass is 10.1. The maximum atomic E-state index is 13.7. The molecule has 15 nitrogen and oxygen atoms in total. The molecule has 2 aromatic carbocycles. The Bertz CT molecular complexity index is 1940. The van der Waals surface area contributed by atoms with Crippen molar-refractivity contribution in [1.82, 2.24) is 0 Å². The van der Waals surface area contributed by atoms with E-state index in [-0.39, 0.29) is 31.1 Å². The van der Waals surface area contributed by atoms with Gasteiger partial charge in [0.2, 0.25) is 5.75 Å². The molecule has 0 spiro atoms. The van der Waals surface area contributed by atoms with Crippen molar-refractivity contribution in [2.75, 3.05) is 87.1 Å². The number of carbonyl (C=O) groups excluding carboxylic acids is 5. The van der Waals surface area contributed by atoms with Crippen LogP contribution in [0.4, 0.5) is 0 Å². The summed E-state index contributed by atoms with van der Waals surface area (Å²) in [6.45, 7) is 14.7. The van der Waals surface area contributed by atoms with Crippen LogP contribution in [0.15, 0.2) is 74.4 Å². The second-order valence-corrected chi connectivity index (χ2v) is 21.4. The lowest BCUT2D eigenvalue weighted by molar-refractivity contribution is -0.870. The number of ether oxygens (including phenoxy) is 9. The summed E-state index contributed by atoms with van der Waals surface area (Å²) in [6, 6.07) is 10.4. The number of unbranched alkanes of at least 4 members (excludes halogenated alkanes) is 25. The molecule has 15 heteroatoms. The van der Waals surface area contributed by atoms with Gasteiger partial charge in [0, 0.05) is 18.2 Å². The monoisotopic (exact) mass is 1120 g/mol. The normalized spacial score (nSPS) is 11.0. The average Bonchev–Trinajstić information content (AvgIpc) is 3.47. The highest BCUT2D eigenvalue weighted by Crippen LogP contribution is 2.40. The van der Waals surface area contributed by atoms with Gasteiger partial charge in [-0.05, 0) is 87.8 Å². The Balaban J connectivity index is 2.03. The van der Waals surface area contributed by atoms with E-state index >= 15 is 0 Å². The Morgan fingerprint density at radius 3 is 0.975 bits per heavy atom. The van der Waals surface area contributed by atoms with E-state index in [0.29, 0.717) is 93.2 Å². The van der Waals surface area contributed by atoms with Crippen LogP contribution in [0.1, 0.15) is 207 Å². The Morgan fingerprint density at radius 1 is 0.350 bits per heavy atom. The van der Waals surface area contributed by atoms with Crippen molar-refractivity contribution in [2.24, 2.45) is 0 Å². The molecule has 0 bridgehead atoms. The van der Waals surface area contributed by atoms with Crippen LogP contribution in [-0.2, 0) is 38.1 Å². The van der Waals surface area contributed by atoms with E-state index in [1.165, 1.54) is 18.2 Å². The zero-order valence-electron chi connectivity index (χ0n) is 49.6. The van der Waals surface area contributed by atoms with Crippen LogP contribution in [-0.4, -0.2) is 121 Å². The van der Waals surface area contributed by atoms with Crippen LogP contribution in [0.3, 0.4) is 0 Å². The maximum absolute atomic E-state index is 13.7. The zero-order valence-corrected chi connectivity index (χ0v) is 49.6. The van der Waals surface area contributed by atoms with Crippen LogP contribution < -0.4 is 18.9 Å². The smallest absolute Gasteiger partial charge is 0.338 e. The van der Waals surface area contributed by atoms with Gasteiger partial charge in [0.15, 0.2) is 11.5 Å². The van der Waals surface area contributed by atoms with Crippen molar-refractivity contribution in [1.29, 1.82) is 0 Å². The van der Waals surface area contributed by atoms with E-state index in [2.05, 4.69) is 40.9 Å². The molecule has 0 unspecified atom stereocenters. The summed E-state index contributed by atoms with van der Waals surface area (Å²) in [5, 5.41) is 0. The quantitative estimate of drug-likeness (QED) is 0.0202. The molecule has 450 valence electrons. The molecule has 2 rings (SSSR count). The van der Waals surface area contributed by atoms with Crippen molar-refractivity contribution in [3.05, 3.63) is 85.5 Å². The minimum atomic E-state index is -0.501. The molecule has 80 heavy (non-hydrogen) atoms. The van der Waals surface area contributed by atoms with Crippen molar-refractivity contribution in [2.45, 2.75) is 186 Å².